The van der Waals surface area contributed by atoms with E-state index < -0.39 is 5.97 Å². The van der Waals surface area contributed by atoms with Gasteiger partial charge in [0, 0.05) is 17.3 Å². The Bertz CT molecular complexity index is 662. The van der Waals surface area contributed by atoms with Crippen molar-refractivity contribution in [2.45, 2.75) is 27.3 Å². The van der Waals surface area contributed by atoms with Gasteiger partial charge >= 0.3 is 5.97 Å². The fourth-order valence-electron chi connectivity index (χ4n) is 2.19. The number of hydrogen-bond acceptors (Lipinski definition) is 4. The molecular weight excluding hydrogens is 258 g/mol. The van der Waals surface area contributed by atoms with Crippen LogP contribution in [0.5, 0.6) is 5.75 Å². The zero-order valence-corrected chi connectivity index (χ0v) is 12.0. The van der Waals surface area contributed by atoms with Crippen LogP contribution in [0.1, 0.15) is 32.9 Å². The van der Waals surface area contributed by atoms with Gasteiger partial charge in [-0.25, -0.2) is 4.79 Å². The van der Waals surface area contributed by atoms with E-state index in [0.29, 0.717) is 12.2 Å². The number of rotatable bonds is 4. The molecule has 6 heteroatoms. The fourth-order valence-corrected chi connectivity index (χ4v) is 2.19. The Morgan fingerprint density at radius 2 is 2.05 bits per heavy atom. The third-order valence-corrected chi connectivity index (χ3v) is 3.38. The monoisotopic (exact) mass is 275 g/mol. The summed E-state index contributed by atoms with van der Waals surface area (Å²) in [6.45, 7) is 6.02. The number of carboxylic acid groups (broad SMARTS) is 1. The first-order valence-corrected chi connectivity index (χ1v) is 6.20. The summed E-state index contributed by atoms with van der Waals surface area (Å²) >= 11 is 0. The van der Waals surface area contributed by atoms with E-state index in [4.69, 9.17) is 9.84 Å². The lowest BCUT2D eigenvalue weighted by Gasteiger charge is -2.13. The summed E-state index contributed by atoms with van der Waals surface area (Å²) in [6, 6.07) is 0. The molecule has 0 aliphatic carbocycles. The van der Waals surface area contributed by atoms with Crippen molar-refractivity contribution in [3.8, 4) is 5.75 Å². The number of hydrogen-bond donors (Lipinski definition) is 1. The van der Waals surface area contributed by atoms with Gasteiger partial charge in [0.05, 0.1) is 31.2 Å². The molecule has 0 aliphatic heterocycles. The van der Waals surface area contributed by atoms with Crippen LogP contribution in [-0.4, -0.2) is 33.0 Å². The first-order valence-electron chi connectivity index (χ1n) is 6.20. The van der Waals surface area contributed by atoms with Crippen molar-refractivity contribution in [3.05, 3.63) is 40.5 Å². The Labute approximate surface area is 117 Å². The van der Waals surface area contributed by atoms with Gasteiger partial charge in [0.2, 0.25) is 0 Å². The van der Waals surface area contributed by atoms with E-state index in [1.54, 1.807) is 24.9 Å². The molecule has 2 aromatic heterocycles. The SMILES string of the molecule is COc1c(C)cnc(Cn2ncc(C(=O)O)c2C)c1C. The van der Waals surface area contributed by atoms with Crippen LogP contribution < -0.4 is 4.74 Å². The van der Waals surface area contributed by atoms with Crippen LogP contribution in [0.3, 0.4) is 0 Å². The number of nitrogens with zero attached hydrogens (tertiary/aromatic N) is 3. The molecule has 0 saturated carbocycles. The molecule has 0 aliphatic rings. The number of methoxy groups -OCH3 is 1. The Morgan fingerprint density at radius 1 is 1.35 bits per heavy atom. The van der Waals surface area contributed by atoms with Crippen LogP contribution in [0.4, 0.5) is 0 Å². The Balaban J connectivity index is 2.38. The standard InChI is InChI=1S/C14H17N3O3/c1-8-5-15-12(9(2)13(8)20-4)7-17-10(3)11(6-16-17)14(18)19/h5-6H,7H2,1-4H3,(H,18,19). The number of pyridine rings is 1. The van der Waals surface area contributed by atoms with E-state index in [1.165, 1.54) is 6.20 Å². The summed E-state index contributed by atoms with van der Waals surface area (Å²) in [5, 5.41) is 13.1. The molecule has 0 atom stereocenters. The van der Waals surface area contributed by atoms with Gasteiger partial charge in [-0.1, -0.05) is 0 Å². The van der Waals surface area contributed by atoms with E-state index in [0.717, 1.165) is 22.6 Å². The van der Waals surface area contributed by atoms with E-state index in [-0.39, 0.29) is 5.56 Å². The van der Waals surface area contributed by atoms with Crippen LogP contribution in [-0.2, 0) is 6.54 Å². The molecule has 106 valence electrons. The number of aromatic carboxylic acids is 1. The minimum atomic E-state index is -0.972. The molecule has 0 saturated heterocycles. The summed E-state index contributed by atoms with van der Waals surface area (Å²) in [5.74, 6) is -0.168. The molecule has 6 nitrogen and oxygen atoms in total. The number of ether oxygens (including phenoxy) is 1. The quantitative estimate of drug-likeness (QED) is 0.923. The minimum absolute atomic E-state index is 0.210. The zero-order chi connectivity index (χ0) is 14.9. The molecule has 2 rings (SSSR count). The van der Waals surface area contributed by atoms with Crippen LogP contribution in [0.25, 0.3) is 0 Å². The second-order valence-electron chi connectivity index (χ2n) is 4.65. The second-order valence-corrected chi connectivity index (χ2v) is 4.65. The predicted molar refractivity (Wildman–Crippen MR) is 73.3 cm³/mol. The van der Waals surface area contributed by atoms with Crippen molar-refractivity contribution in [1.29, 1.82) is 0 Å². The Hall–Kier alpha value is -2.37. The Morgan fingerprint density at radius 3 is 2.60 bits per heavy atom. The summed E-state index contributed by atoms with van der Waals surface area (Å²) in [7, 11) is 1.63. The maximum absolute atomic E-state index is 11.0. The van der Waals surface area contributed by atoms with Crippen molar-refractivity contribution >= 4 is 5.97 Å². The smallest absolute Gasteiger partial charge is 0.339 e. The zero-order valence-electron chi connectivity index (χ0n) is 12.0. The van der Waals surface area contributed by atoms with E-state index >= 15 is 0 Å². The average molecular weight is 275 g/mol. The van der Waals surface area contributed by atoms with E-state index in [9.17, 15) is 4.79 Å². The highest BCUT2D eigenvalue weighted by Crippen LogP contribution is 2.24. The number of carboxylic acids is 1. The first kappa shape index (κ1) is 14.0. The van der Waals surface area contributed by atoms with Gasteiger partial charge in [-0.3, -0.25) is 9.67 Å². The molecule has 1 N–H and O–H groups in total. The number of aromatic nitrogens is 3. The predicted octanol–water partition coefficient (Wildman–Crippen LogP) is 1.96. The van der Waals surface area contributed by atoms with Crippen LogP contribution >= 0.6 is 0 Å². The highest BCUT2D eigenvalue weighted by atomic mass is 16.5. The highest BCUT2D eigenvalue weighted by molar-refractivity contribution is 5.88. The van der Waals surface area contributed by atoms with Gasteiger partial charge < -0.3 is 9.84 Å². The highest BCUT2D eigenvalue weighted by Gasteiger charge is 2.15. The summed E-state index contributed by atoms with van der Waals surface area (Å²) in [5.41, 5.74) is 3.55. The van der Waals surface area contributed by atoms with E-state index in [1.807, 2.05) is 13.8 Å². The van der Waals surface area contributed by atoms with Crippen molar-refractivity contribution in [3.63, 3.8) is 0 Å². The molecule has 0 spiro atoms. The van der Waals surface area contributed by atoms with Crippen LogP contribution in [0.2, 0.25) is 0 Å². The molecule has 20 heavy (non-hydrogen) atoms. The molecule has 2 heterocycles. The van der Waals surface area contributed by atoms with Gasteiger partial charge in [-0.2, -0.15) is 5.10 Å². The lowest BCUT2D eigenvalue weighted by atomic mass is 10.1. The number of aryl methyl sites for hydroxylation is 1. The van der Waals surface area contributed by atoms with Gasteiger partial charge in [0.25, 0.3) is 0 Å². The van der Waals surface area contributed by atoms with Crippen molar-refractivity contribution < 1.29 is 14.6 Å². The molecule has 0 bridgehead atoms. The fraction of sp³-hybridized carbons (Fsp3) is 0.357. The summed E-state index contributed by atoms with van der Waals surface area (Å²) in [6.07, 6.45) is 3.11. The maximum Gasteiger partial charge on any atom is 0.339 e. The lowest BCUT2D eigenvalue weighted by molar-refractivity contribution is 0.0696. The third-order valence-electron chi connectivity index (χ3n) is 3.38. The Kier molecular flexibility index (Phi) is 3.74. The maximum atomic E-state index is 11.0. The largest absolute Gasteiger partial charge is 0.496 e. The van der Waals surface area contributed by atoms with Gasteiger partial charge in [-0.15, -0.1) is 0 Å². The normalized spacial score (nSPS) is 10.6. The number of carbonyl (C=O) groups is 1. The molecule has 0 amide bonds. The average Bonchev–Trinajstić information content (AvgIpc) is 2.75. The molecule has 0 aromatic carbocycles. The molecular formula is C14H17N3O3. The summed E-state index contributed by atoms with van der Waals surface area (Å²) < 4.78 is 7.00. The first-order chi connectivity index (χ1) is 9.45. The molecule has 2 aromatic rings. The van der Waals surface area contributed by atoms with Gasteiger partial charge in [0.15, 0.2) is 0 Å². The van der Waals surface area contributed by atoms with Crippen molar-refractivity contribution in [1.82, 2.24) is 14.8 Å². The van der Waals surface area contributed by atoms with E-state index in [2.05, 4.69) is 10.1 Å². The lowest BCUT2D eigenvalue weighted by Crippen LogP contribution is -2.09. The third kappa shape index (κ3) is 2.36. The van der Waals surface area contributed by atoms with Gasteiger partial charge in [0.1, 0.15) is 11.3 Å². The minimum Gasteiger partial charge on any atom is -0.496 e. The molecule has 0 fully saturated rings. The van der Waals surface area contributed by atoms with Crippen molar-refractivity contribution in [2.24, 2.45) is 0 Å². The molecule has 0 unspecified atom stereocenters. The van der Waals surface area contributed by atoms with Crippen LogP contribution in [0, 0.1) is 20.8 Å². The topological polar surface area (TPSA) is 77.2 Å². The van der Waals surface area contributed by atoms with Crippen LogP contribution in [0.15, 0.2) is 12.4 Å². The second kappa shape index (κ2) is 5.32. The summed E-state index contributed by atoms with van der Waals surface area (Å²) in [4.78, 5) is 15.4. The van der Waals surface area contributed by atoms with Gasteiger partial charge in [-0.05, 0) is 20.8 Å². The van der Waals surface area contributed by atoms with Crippen molar-refractivity contribution in [2.75, 3.05) is 7.11 Å². The molecule has 0 radical (unpaired) electrons.